The van der Waals surface area contributed by atoms with Crippen LogP contribution >= 0.6 is 11.8 Å². The van der Waals surface area contributed by atoms with E-state index >= 15 is 0 Å². The Morgan fingerprint density at radius 2 is 2.00 bits per heavy atom. The molecular formula is C15H32N4S. The van der Waals surface area contributed by atoms with Gasteiger partial charge in [-0.3, -0.25) is 4.99 Å². The highest BCUT2D eigenvalue weighted by Crippen LogP contribution is 2.15. The zero-order chi connectivity index (χ0) is 14.6. The Hall–Kier alpha value is -0.420. The van der Waals surface area contributed by atoms with E-state index in [9.17, 15) is 0 Å². The fraction of sp³-hybridized carbons (Fsp3) is 0.933. The predicted molar refractivity (Wildman–Crippen MR) is 91.9 cm³/mol. The number of nitrogens with one attached hydrogen (secondary N) is 2. The second-order valence-corrected chi connectivity index (χ2v) is 6.49. The molecule has 1 saturated heterocycles. The number of aliphatic imine (C=N–C) groups is 1. The lowest BCUT2D eigenvalue weighted by molar-refractivity contribution is 0.159. The van der Waals surface area contributed by atoms with Crippen molar-refractivity contribution in [1.82, 2.24) is 15.5 Å². The maximum atomic E-state index is 4.26. The molecule has 2 N–H and O–H groups in total. The molecule has 0 amide bonds. The fourth-order valence-electron chi connectivity index (χ4n) is 2.62. The number of nitrogens with zero attached hydrogens (tertiary/aromatic N) is 2. The molecule has 0 aromatic carbocycles. The Morgan fingerprint density at radius 3 is 2.65 bits per heavy atom. The quantitative estimate of drug-likeness (QED) is 0.409. The summed E-state index contributed by atoms with van der Waals surface area (Å²) in [6.45, 7) is 6.86. The summed E-state index contributed by atoms with van der Waals surface area (Å²) < 4.78 is 0. The van der Waals surface area contributed by atoms with E-state index in [1.807, 2.05) is 18.8 Å². The second-order valence-electron chi connectivity index (χ2n) is 5.51. The third-order valence-electron chi connectivity index (χ3n) is 3.90. The normalized spacial score (nSPS) is 20.9. The summed E-state index contributed by atoms with van der Waals surface area (Å²) in [7, 11) is 1.84. The number of thioether (sulfide) groups is 1. The average molecular weight is 301 g/mol. The van der Waals surface area contributed by atoms with Gasteiger partial charge in [0, 0.05) is 32.7 Å². The van der Waals surface area contributed by atoms with Gasteiger partial charge in [-0.1, -0.05) is 6.42 Å². The first-order valence-corrected chi connectivity index (χ1v) is 9.34. The van der Waals surface area contributed by atoms with Crippen molar-refractivity contribution in [1.29, 1.82) is 0 Å². The number of likely N-dealkylation sites (tertiary alicyclic amines) is 1. The summed E-state index contributed by atoms with van der Waals surface area (Å²) in [6, 6.07) is 0.771. The first-order chi connectivity index (χ1) is 9.77. The molecule has 20 heavy (non-hydrogen) atoms. The molecule has 1 unspecified atom stereocenters. The molecule has 0 aliphatic carbocycles. The van der Waals surface area contributed by atoms with Crippen molar-refractivity contribution in [2.75, 3.05) is 45.2 Å². The molecule has 0 bridgehead atoms. The van der Waals surface area contributed by atoms with E-state index < -0.39 is 0 Å². The van der Waals surface area contributed by atoms with Crippen LogP contribution in [-0.4, -0.2) is 62.1 Å². The Balaban J connectivity index is 2.06. The fourth-order valence-corrected chi connectivity index (χ4v) is 3.06. The number of piperidine rings is 1. The van der Waals surface area contributed by atoms with Gasteiger partial charge < -0.3 is 15.5 Å². The molecule has 0 aromatic rings. The third kappa shape index (κ3) is 7.39. The zero-order valence-corrected chi connectivity index (χ0v) is 14.3. The van der Waals surface area contributed by atoms with E-state index in [4.69, 9.17) is 0 Å². The highest BCUT2D eigenvalue weighted by atomic mass is 32.2. The Bertz CT molecular complexity index is 271. The van der Waals surface area contributed by atoms with Crippen LogP contribution in [0.25, 0.3) is 0 Å². The highest BCUT2D eigenvalue weighted by Gasteiger charge is 2.16. The Morgan fingerprint density at radius 1 is 1.25 bits per heavy atom. The largest absolute Gasteiger partial charge is 0.356 e. The van der Waals surface area contributed by atoms with Gasteiger partial charge in [-0.05, 0) is 51.2 Å². The van der Waals surface area contributed by atoms with Crippen LogP contribution in [0.1, 0.15) is 39.0 Å². The molecule has 0 spiro atoms. The van der Waals surface area contributed by atoms with Crippen LogP contribution < -0.4 is 10.6 Å². The standard InChI is InChI=1S/C15H32N4S/c1-14-8-4-5-11-19(14)12-6-9-17-15(16-2)18-10-7-13-20-3/h14H,4-13H2,1-3H3,(H2,16,17,18). The van der Waals surface area contributed by atoms with Crippen molar-refractivity contribution in [3.05, 3.63) is 0 Å². The van der Waals surface area contributed by atoms with Crippen molar-refractivity contribution in [2.24, 2.45) is 4.99 Å². The minimum absolute atomic E-state index is 0.771. The first kappa shape index (κ1) is 17.6. The van der Waals surface area contributed by atoms with E-state index in [0.29, 0.717) is 0 Å². The SMILES string of the molecule is CN=C(NCCCSC)NCCCN1CCCCC1C. The van der Waals surface area contributed by atoms with Gasteiger partial charge >= 0.3 is 0 Å². The molecule has 1 atom stereocenters. The van der Waals surface area contributed by atoms with Crippen molar-refractivity contribution >= 4 is 17.7 Å². The zero-order valence-electron chi connectivity index (χ0n) is 13.5. The number of rotatable bonds is 8. The van der Waals surface area contributed by atoms with Gasteiger partial charge in [0.2, 0.25) is 0 Å². The lowest BCUT2D eigenvalue weighted by Gasteiger charge is -2.33. The van der Waals surface area contributed by atoms with Crippen LogP contribution in [0.15, 0.2) is 4.99 Å². The average Bonchev–Trinajstić information content (AvgIpc) is 2.47. The Labute approximate surface area is 129 Å². The topological polar surface area (TPSA) is 39.7 Å². The summed E-state index contributed by atoms with van der Waals surface area (Å²) in [5, 5.41) is 6.77. The molecular weight excluding hydrogens is 268 g/mol. The molecule has 4 nitrogen and oxygen atoms in total. The van der Waals surface area contributed by atoms with Gasteiger partial charge in [0.1, 0.15) is 0 Å². The maximum absolute atomic E-state index is 4.26. The van der Waals surface area contributed by atoms with E-state index in [1.54, 1.807) is 0 Å². The van der Waals surface area contributed by atoms with Crippen molar-refractivity contribution in [2.45, 2.75) is 45.1 Å². The summed E-state index contributed by atoms with van der Waals surface area (Å²) in [5.74, 6) is 2.15. The van der Waals surface area contributed by atoms with Crippen molar-refractivity contribution in [3.63, 3.8) is 0 Å². The first-order valence-electron chi connectivity index (χ1n) is 7.95. The van der Waals surface area contributed by atoms with E-state index in [-0.39, 0.29) is 0 Å². The van der Waals surface area contributed by atoms with Crippen LogP contribution in [0.2, 0.25) is 0 Å². The second kappa shape index (κ2) is 11.3. The van der Waals surface area contributed by atoms with Gasteiger partial charge in [-0.15, -0.1) is 0 Å². The molecule has 1 rings (SSSR count). The molecule has 1 aliphatic rings. The van der Waals surface area contributed by atoms with Crippen molar-refractivity contribution in [3.8, 4) is 0 Å². The number of hydrogen-bond donors (Lipinski definition) is 2. The van der Waals surface area contributed by atoms with Crippen LogP contribution in [0.3, 0.4) is 0 Å². The van der Waals surface area contributed by atoms with E-state index in [0.717, 1.165) is 25.1 Å². The highest BCUT2D eigenvalue weighted by molar-refractivity contribution is 7.98. The summed E-state index contributed by atoms with van der Waals surface area (Å²) in [5.41, 5.74) is 0. The van der Waals surface area contributed by atoms with Gasteiger partial charge in [0.25, 0.3) is 0 Å². The number of guanidine groups is 1. The molecule has 1 aliphatic heterocycles. The van der Waals surface area contributed by atoms with Crippen LogP contribution in [0.4, 0.5) is 0 Å². The van der Waals surface area contributed by atoms with Crippen LogP contribution in [0, 0.1) is 0 Å². The predicted octanol–water partition coefficient (Wildman–Crippen LogP) is 2.17. The van der Waals surface area contributed by atoms with Gasteiger partial charge in [0.15, 0.2) is 5.96 Å². The molecule has 1 heterocycles. The monoisotopic (exact) mass is 300 g/mol. The summed E-state index contributed by atoms with van der Waals surface area (Å²) >= 11 is 1.89. The summed E-state index contributed by atoms with van der Waals surface area (Å²) in [4.78, 5) is 6.88. The van der Waals surface area contributed by atoms with Crippen LogP contribution in [0.5, 0.6) is 0 Å². The molecule has 0 saturated carbocycles. The van der Waals surface area contributed by atoms with Gasteiger partial charge in [0.05, 0.1) is 0 Å². The van der Waals surface area contributed by atoms with E-state index in [2.05, 4.69) is 33.7 Å². The lowest BCUT2D eigenvalue weighted by Crippen LogP contribution is -2.41. The Kier molecular flexibility index (Phi) is 9.93. The van der Waals surface area contributed by atoms with Gasteiger partial charge in [-0.25, -0.2) is 0 Å². The van der Waals surface area contributed by atoms with E-state index in [1.165, 1.54) is 50.9 Å². The molecule has 5 heteroatoms. The lowest BCUT2D eigenvalue weighted by atomic mass is 10.0. The third-order valence-corrected chi connectivity index (χ3v) is 4.59. The molecule has 1 fully saturated rings. The number of hydrogen-bond acceptors (Lipinski definition) is 3. The van der Waals surface area contributed by atoms with Crippen LogP contribution in [-0.2, 0) is 0 Å². The molecule has 0 aromatic heterocycles. The molecule has 118 valence electrons. The van der Waals surface area contributed by atoms with Gasteiger partial charge in [-0.2, -0.15) is 11.8 Å². The minimum atomic E-state index is 0.771. The molecule has 0 radical (unpaired) electrons. The maximum Gasteiger partial charge on any atom is 0.190 e. The summed E-state index contributed by atoms with van der Waals surface area (Å²) in [6.07, 6.45) is 8.67. The minimum Gasteiger partial charge on any atom is -0.356 e. The van der Waals surface area contributed by atoms with Crippen molar-refractivity contribution < 1.29 is 0 Å². The smallest absolute Gasteiger partial charge is 0.190 e.